The van der Waals surface area contributed by atoms with Crippen LogP contribution in [0.3, 0.4) is 0 Å². The fourth-order valence-corrected chi connectivity index (χ4v) is 4.61. The van der Waals surface area contributed by atoms with Crippen LogP contribution in [0.2, 0.25) is 5.02 Å². The van der Waals surface area contributed by atoms with Gasteiger partial charge in [-0.3, -0.25) is 0 Å². The minimum atomic E-state index is -3.56. The second-order valence-electron chi connectivity index (χ2n) is 5.77. The first kappa shape index (κ1) is 16.3. The monoisotopic (exact) mass is 354 g/mol. The molecule has 0 aliphatic carbocycles. The van der Waals surface area contributed by atoms with Crippen molar-refractivity contribution in [1.29, 1.82) is 0 Å². The van der Waals surface area contributed by atoms with Crippen molar-refractivity contribution >= 4 is 27.3 Å². The van der Waals surface area contributed by atoms with Gasteiger partial charge in [0.1, 0.15) is 0 Å². The first-order valence-corrected chi connectivity index (χ1v) is 9.20. The number of sulfonamides is 1. The highest BCUT2D eigenvalue weighted by atomic mass is 35.5. The quantitative estimate of drug-likeness (QED) is 0.845. The van der Waals surface area contributed by atoms with Gasteiger partial charge >= 0.3 is 0 Å². The van der Waals surface area contributed by atoms with Gasteiger partial charge in [0, 0.05) is 49.6 Å². The summed E-state index contributed by atoms with van der Waals surface area (Å²) in [5.41, 5.74) is 1.01. The lowest BCUT2D eigenvalue weighted by Gasteiger charge is -2.39. The normalized spacial score (nSPS) is 20.0. The molecule has 1 aromatic carbocycles. The zero-order chi connectivity index (χ0) is 16.6. The van der Waals surface area contributed by atoms with E-state index in [9.17, 15) is 8.42 Å². The molecule has 1 unspecified atom stereocenters. The Hall–Kier alpha value is -1.57. The van der Waals surface area contributed by atoms with Gasteiger partial charge in [0.25, 0.3) is 10.0 Å². The molecule has 8 heteroatoms. The third-order valence-electron chi connectivity index (χ3n) is 3.99. The van der Waals surface area contributed by atoms with Crippen molar-refractivity contribution in [3.05, 3.63) is 41.8 Å². The van der Waals surface area contributed by atoms with Crippen LogP contribution in [0.4, 0.5) is 5.69 Å². The molecular formula is C15H19ClN4O2S. The molecule has 23 heavy (non-hydrogen) atoms. The van der Waals surface area contributed by atoms with E-state index >= 15 is 0 Å². The summed E-state index contributed by atoms with van der Waals surface area (Å²) in [5, 5.41) is 0.779. The number of aryl methyl sites for hydroxylation is 1. The third kappa shape index (κ3) is 3.22. The highest BCUT2D eigenvalue weighted by molar-refractivity contribution is 7.89. The summed E-state index contributed by atoms with van der Waals surface area (Å²) in [7, 11) is -1.80. The lowest BCUT2D eigenvalue weighted by atomic mass is 10.2. The Balaban J connectivity index is 1.79. The minimum absolute atomic E-state index is 0.100. The average Bonchev–Trinajstić information content (AvgIpc) is 2.94. The summed E-state index contributed by atoms with van der Waals surface area (Å²) < 4.78 is 28.6. The summed E-state index contributed by atoms with van der Waals surface area (Å²) in [4.78, 5) is 6.14. The van der Waals surface area contributed by atoms with Crippen molar-refractivity contribution in [2.24, 2.45) is 7.05 Å². The summed E-state index contributed by atoms with van der Waals surface area (Å²) >= 11 is 6.04. The van der Waals surface area contributed by atoms with E-state index in [0.717, 1.165) is 5.69 Å². The Morgan fingerprint density at radius 2 is 2.09 bits per heavy atom. The van der Waals surface area contributed by atoms with Crippen LogP contribution in [-0.4, -0.2) is 48.0 Å². The maximum Gasteiger partial charge on any atom is 0.262 e. The van der Waals surface area contributed by atoms with Crippen molar-refractivity contribution in [2.75, 3.05) is 24.5 Å². The lowest BCUT2D eigenvalue weighted by Crippen LogP contribution is -2.54. The molecule has 2 heterocycles. The van der Waals surface area contributed by atoms with Crippen LogP contribution in [-0.2, 0) is 17.1 Å². The molecule has 1 saturated heterocycles. The van der Waals surface area contributed by atoms with E-state index in [4.69, 9.17) is 11.6 Å². The molecule has 3 rings (SSSR count). The van der Waals surface area contributed by atoms with E-state index in [-0.39, 0.29) is 11.1 Å². The smallest absolute Gasteiger partial charge is 0.262 e. The van der Waals surface area contributed by atoms with Gasteiger partial charge in [0.15, 0.2) is 5.03 Å². The number of hydrogen-bond acceptors (Lipinski definition) is 4. The predicted molar refractivity (Wildman–Crippen MR) is 90.2 cm³/mol. The summed E-state index contributed by atoms with van der Waals surface area (Å²) in [6.07, 6.45) is 3.03. The number of hydrogen-bond donors (Lipinski definition) is 0. The molecule has 0 amide bonds. The SMILES string of the molecule is CC1CN(c2cccc(Cl)c2)CCN1S(=O)(=O)c1cn(C)cn1. The fraction of sp³-hybridized carbons (Fsp3) is 0.400. The van der Waals surface area contributed by atoms with Crippen LogP contribution < -0.4 is 4.90 Å². The summed E-state index contributed by atoms with van der Waals surface area (Å²) in [6.45, 7) is 3.58. The number of halogens is 1. The molecule has 1 aliphatic rings. The van der Waals surface area contributed by atoms with E-state index < -0.39 is 10.0 Å². The van der Waals surface area contributed by atoms with Gasteiger partial charge in [-0.1, -0.05) is 17.7 Å². The van der Waals surface area contributed by atoms with Crippen molar-refractivity contribution in [1.82, 2.24) is 13.9 Å². The molecule has 0 radical (unpaired) electrons. The number of rotatable bonds is 3. The summed E-state index contributed by atoms with van der Waals surface area (Å²) in [6, 6.07) is 7.48. The van der Waals surface area contributed by atoms with Crippen LogP contribution in [0.5, 0.6) is 0 Å². The number of benzene rings is 1. The highest BCUT2D eigenvalue weighted by Crippen LogP contribution is 2.25. The Kier molecular flexibility index (Phi) is 4.35. The second kappa shape index (κ2) is 6.14. The van der Waals surface area contributed by atoms with Crippen LogP contribution in [0.1, 0.15) is 6.92 Å². The van der Waals surface area contributed by atoms with E-state index in [2.05, 4.69) is 9.88 Å². The predicted octanol–water partition coefficient (Wildman–Crippen LogP) is 1.97. The van der Waals surface area contributed by atoms with Crippen molar-refractivity contribution in [3.63, 3.8) is 0 Å². The topological polar surface area (TPSA) is 58.4 Å². The van der Waals surface area contributed by atoms with Crippen molar-refractivity contribution in [3.8, 4) is 0 Å². The van der Waals surface area contributed by atoms with E-state index in [1.165, 1.54) is 16.8 Å². The van der Waals surface area contributed by atoms with Gasteiger partial charge < -0.3 is 9.47 Å². The van der Waals surface area contributed by atoms with Crippen LogP contribution >= 0.6 is 11.6 Å². The Labute approximate surface area is 141 Å². The molecule has 124 valence electrons. The Bertz CT molecular complexity index is 805. The van der Waals surface area contributed by atoms with Gasteiger partial charge in [0.05, 0.1) is 6.33 Å². The minimum Gasteiger partial charge on any atom is -0.369 e. The van der Waals surface area contributed by atoms with Gasteiger partial charge in [0.2, 0.25) is 0 Å². The molecule has 0 N–H and O–H groups in total. The van der Waals surface area contributed by atoms with Crippen molar-refractivity contribution in [2.45, 2.75) is 18.0 Å². The largest absolute Gasteiger partial charge is 0.369 e. The average molecular weight is 355 g/mol. The van der Waals surface area contributed by atoms with Gasteiger partial charge in [-0.05, 0) is 25.1 Å². The number of imidazole rings is 1. The third-order valence-corrected chi connectivity index (χ3v) is 6.13. The molecule has 0 spiro atoms. The molecule has 0 saturated carbocycles. The first-order chi connectivity index (χ1) is 10.9. The molecular weight excluding hydrogens is 336 g/mol. The van der Waals surface area contributed by atoms with Crippen molar-refractivity contribution < 1.29 is 8.42 Å². The number of anilines is 1. The standard InChI is InChI=1S/C15H19ClN4O2S/c1-12-9-19(14-5-3-4-13(16)8-14)6-7-20(12)23(21,22)15-10-18(2)11-17-15/h3-5,8,10-12H,6-7,9H2,1-2H3. The number of nitrogens with zero attached hydrogens (tertiary/aromatic N) is 4. The second-order valence-corrected chi connectivity index (χ2v) is 8.04. The zero-order valence-electron chi connectivity index (χ0n) is 13.1. The zero-order valence-corrected chi connectivity index (χ0v) is 14.6. The lowest BCUT2D eigenvalue weighted by molar-refractivity contribution is 0.306. The van der Waals surface area contributed by atoms with Gasteiger partial charge in [-0.2, -0.15) is 4.31 Å². The highest BCUT2D eigenvalue weighted by Gasteiger charge is 2.35. The maximum absolute atomic E-state index is 12.7. The number of aromatic nitrogens is 2. The van der Waals surface area contributed by atoms with Crippen LogP contribution in [0.25, 0.3) is 0 Å². The van der Waals surface area contributed by atoms with E-state index in [0.29, 0.717) is 24.7 Å². The van der Waals surface area contributed by atoms with Gasteiger partial charge in [-0.25, -0.2) is 13.4 Å². The molecule has 1 aliphatic heterocycles. The molecule has 1 atom stereocenters. The van der Waals surface area contributed by atoms with Gasteiger partial charge in [-0.15, -0.1) is 0 Å². The summed E-state index contributed by atoms with van der Waals surface area (Å²) in [5.74, 6) is 0. The maximum atomic E-state index is 12.7. The number of piperazine rings is 1. The van der Waals surface area contributed by atoms with E-state index in [1.54, 1.807) is 11.6 Å². The molecule has 1 fully saturated rings. The molecule has 1 aromatic heterocycles. The molecule has 0 bridgehead atoms. The van der Waals surface area contributed by atoms with E-state index in [1.807, 2.05) is 31.2 Å². The Morgan fingerprint density at radius 1 is 1.30 bits per heavy atom. The Morgan fingerprint density at radius 3 is 2.70 bits per heavy atom. The van der Waals surface area contributed by atoms with Crippen LogP contribution in [0.15, 0.2) is 41.8 Å². The molecule has 6 nitrogen and oxygen atoms in total. The fourth-order valence-electron chi connectivity index (χ4n) is 2.85. The van der Waals surface area contributed by atoms with Crippen LogP contribution in [0, 0.1) is 0 Å². The first-order valence-electron chi connectivity index (χ1n) is 7.38. The molecule has 2 aromatic rings.